The van der Waals surface area contributed by atoms with Gasteiger partial charge in [-0.15, -0.1) is 0 Å². The number of morpholine rings is 1. The molecular weight excluding hydrogens is 369 g/mol. The number of quaternary nitrogens is 1. The number of aromatic nitrogens is 1. The van der Waals surface area contributed by atoms with Crippen molar-refractivity contribution in [2.24, 2.45) is 0 Å². The van der Waals surface area contributed by atoms with Crippen molar-refractivity contribution in [1.29, 1.82) is 0 Å². The number of ether oxygens (including phenoxy) is 1. The first kappa shape index (κ1) is 19.6. The van der Waals surface area contributed by atoms with Crippen LogP contribution in [0.3, 0.4) is 0 Å². The molecular formula is C23H27FN3O2+. The van der Waals surface area contributed by atoms with Gasteiger partial charge in [-0.05, 0) is 30.2 Å². The van der Waals surface area contributed by atoms with Gasteiger partial charge in [-0.3, -0.25) is 4.79 Å². The Hall–Kier alpha value is -2.70. The van der Waals surface area contributed by atoms with Crippen LogP contribution < -0.4 is 10.2 Å². The number of carbonyl (C=O) groups is 1. The molecule has 6 heteroatoms. The van der Waals surface area contributed by atoms with E-state index in [1.165, 1.54) is 22.4 Å². The van der Waals surface area contributed by atoms with Crippen LogP contribution in [0.4, 0.5) is 4.39 Å². The number of amides is 1. The van der Waals surface area contributed by atoms with E-state index < -0.39 is 0 Å². The fourth-order valence-electron chi connectivity index (χ4n) is 4.07. The van der Waals surface area contributed by atoms with Gasteiger partial charge >= 0.3 is 0 Å². The van der Waals surface area contributed by atoms with Crippen LogP contribution in [-0.4, -0.2) is 43.7 Å². The maximum Gasteiger partial charge on any atom is 0.220 e. The summed E-state index contributed by atoms with van der Waals surface area (Å²) in [6.07, 6.45) is 3.12. The highest BCUT2D eigenvalue weighted by molar-refractivity contribution is 5.84. The fourth-order valence-corrected chi connectivity index (χ4v) is 4.07. The minimum Gasteiger partial charge on any atom is -0.370 e. The third-order valence-electron chi connectivity index (χ3n) is 5.70. The number of fused-ring (bicyclic) bond motifs is 1. The molecule has 3 aromatic rings. The summed E-state index contributed by atoms with van der Waals surface area (Å²) in [6.45, 7) is 3.72. The molecule has 2 heterocycles. The third-order valence-corrected chi connectivity index (χ3v) is 5.70. The Bertz CT molecular complexity index is 948. The zero-order valence-corrected chi connectivity index (χ0v) is 16.4. The van der Waals surface area contributed by atoms with Gasteiger partial charge in [0.25, 0.3) is 0 Å². The quantitative estimate of drug-likeness (QED) is 0.572. The monoisotopic (exact) mass is 396 g/mol. The molecule has 0 spiro atoms. The van der Waals surface area contributed by atoms with E-state index in [1.54, 1.807) is 0 Å². The summed E-state index contributed by atoms with van der Waals surface area (Å²) >= 11 is 0. The van der Waals surface area contributed by atoms with Crippen molar-refractivity contribution in [1.82, 2.24) is 10.3 Å². The number of aromatic amines is 1. The summed E-state index contributed by atoms with van der Waals surface area (Å²) in [7, 11) is 0. The van der Waals surface area contributed by atoms with Gasteiger partial charge in [0.1, 0.15) is 24.9 Å². The average molecular weight is 396 g/mol. The first-order chi connectivity index (χ1) is 14.2. The third kappa shape index (κ3) is 4.83. The van der Waals surface area contributed by atoms with Crippen molar-refractivity contribution in [2.45, 2.75) is 18.9 Å². The predicted octanol–water partition coefficient (Wildman–Crippen LogP) is 2.01. The molecule has 1 aromatic heterocycles. The van der Waals surface area contributed by atoms with Crippen molar-refractivity contribution in [3.05, 3.63) is 71.7 Å². The number of carbonyl (C=O) groups excluding carboxylic acids is 1. The lowest BCUT2D eigenvalue weighted by Crippen LogP contribution is -3.15. The highest BCUT2D eigenvalue weighted by Crippen LogP contribution is 2.19. The van der Waals surface area contributed by atoms with E-state index in [-0.39, 0.29) is 17.8 Å². The van der Waals surface area contributed by atoms with Gasteiger partial charge < -0.3 is 19.9 Å². The van der Waals surface area contributed by atoms with E-state index in [4.69, 9.17) is 4.74 Å². The Labute approximate surface area is 169 Å². The van der Waals surface area contributed by atoms with E-state index in [2.05, 4.69) is 16.4 Å². The van der Waals surface area contributed by atoms with E-state index in [9.17, 15) is 9.18 Å². The highest BCUT2D eigenvalue weighted by atomic mass is 19.1. The van der Waals surface area contributed by atoms with Crippen LogP contribution >= 0.6 is 0 Å². The lowest BCUT2D eigenvalue weighted by Gasteiger charge is -2.32. The molecule has 0 unspecified atom stereocenters. The maximum absolute atomic E-state index is 13.4. The van der Waals surface area contributed by atoms with Crippen LogP contribution in [0.15, 0.2) is 54.7 Å². The van der Waals surface area contributed by atoms with Crippen molar-refractivity contribution >= 4 is 16.8 Å². The van der Waals surface area contributed by atoms with Crippen LogP contribution in [0, 0.1) is 5.82 Å². The topological polar surface area (TPSA) is 58.6 Å². The minimum atomic E-state index is -0.243. The first-order valence-corrected chi connectivity index (χ1v) is 10.2. The Balaban J connectivity index is 1.37. The number of hydrogen-bond donors (Lipinski definition) is 3. The molecule has 2 aromatic carbocycles. The molecule has 0 saturated carbocycles. The van der Waals surface area contributed by atoms with Crippen LogP contribution in [0.5, 0.6) is 0 Å². The van der Waals surface area contributed by atoms with Gasteiger partial charge in [0.2, 0.25) is 5.91 Å². The van der Waals surface area contributed by atoms with E-state index in [1.807, 2.05) is 36.5 Å². The highest BCUT2D eigenvalue weighted by Gasteiger charge is 2.26. The molecule has 0 radical (unpaired) electrons. The fraction of sp³-hybridized carbons (Fsp3) is 0.348. The number of H-pyrrole nitrogens is 1. The van der Waals surface area contributed by atoms with Crippen LogP contribution in [-0.2, 0) is 16.0 Å². The summed E-state index contributed by atoms with van der Waals surface area (Å²) in [5, 5.41) is 4.27. The largest absolute Gasteiger partial charge is 0.370 e. The number of hydrogen-bond acceptors (Lipinski definition) is 2. The smallest absolute Gasteiger partial charge is 0.220 e. The molecule has 1 aliphatic rings. The van der Waals surface area contributed by atoms with Gasteiger partial charge in [-0.1, -0.05) is 30.3 Å². The maximum atomic E-state index is 13.4. The summed E-state index contributed by atoms with van der Waals surface area (Å²) in [6, 6.07) is 14.8. The number of aryl methyl sites for hydroxylation is 1. The average Bonchev–Trinajstić information content (AvgIpc) is 3.17. The lowest BCUT2D eigenvalue weighted by molar-refractivity contribution is -0.937. The second-order valence-corrected chi connectivity index (χ2v) is 7.54. The summed E-state index contributed by atoms with van der Waals surface area (Å²) < 4.78 is 18.8. The lowest BCUT2D eigenvalue weighted by atomic mass is 10.0. The van der Waals surface area contributed by atoms with E-state index in [0.717, 1.165) is 29.7 Å². The molecule has 5 nitrogen and oxygen atoms in total. The molecule has 0 aliphatic carbocycles. The van der Waals surface area contributed by atoms with Crippen LogP contribution in [0.1, 0.15) is 23.6 Å². The Morgan fingerprint density at radius 1 is 1.14 bits per heavy atom. The molecule has 1 saturated heterocycles. The number of nitrogens with one attached hydrogen (secondary N) is 3. The van der Waals surface area contributed by atoms with Crippen molar-refractivity contribution in [3.63, 3.8) is 0 Å². The second-order valence-electron chi connectivity index (χ2n) is 7.54. The van der Waals surface area contributed by atoms with Crippen LogP contribution in [0.25, 0.3) is 10.9 Å². The van der Waals surface area contributed by atoms with Gasteiger partial charge in [-0.25, -0.2) is 4.39 Å². The molecule has 1 atom stereocenters. The molecule has 1 aliphatic heterocycles. The molecule has 0 bridgehead atoms. The SMILES string of the molecule is O=C(CCc1c[nH]c2ccccc12)NC[C@H](c1ccc(F)cc1)[NH+]1CCOCC1. The molecule has 29 heavy (non-hydrogen) atoms. The first-order valence-electron chi connectivity index (χ1n) is 10.2. The van der Waals surface area contributed by atoms with E-state index in [0.29, 0.717) is 32.6 Å². The zero-order chi connectivity index (χ0) is 20.1. The normalized spacial score (nSPS) is 16.0. The number of benzene rings is 2. The summed E-state index contributed by atoms with van der Waals surface area (Å²) in [4.78, 5) is 17.1. The van der Waals surface area contributed by atoms with Crippen molar-refractivity contribution in [2.75, 3.05) is 32.8 Å². The summed E-state index contributed by atoms with van der Waals surface area (Å²) in [5.41, 5.74) is 3.29. The van der Waals surface area contributed by atoms with Gasteiger partial charge in [-0.2, -0.15) is 0 Å². The van der Waals surface area contributed by atoms with Crippen LogP contribution in [0.2, 0.25) is 0 Å². The van der Waals surface area contributed by atoms with E-state index >= 15 is 0 Å². The number of halogens is 1. The summed E-state index contributed by atoms with van der Waals surface area (Å²) in [5.74, 6) is -0.206. The van der Waals surface area contributed by atoms with Gasteiger partial charge in [0.15, 0.2) is 0 Å². The predicted molar refractivity (Wildman–Crippen MR) is 110 cm³/mol. The molecule has 152 valence electrons. The Morgan fingerprint density at radius 2 is 1.90 bits per heavy atom. The second kappa shape index (κ2) is 9.20. The number of rotatable bonds is 7. The zero-order valence-electron chi connectivity index (χ0n) is 16.4. The Morgan fingerprint density at radius 3 is 2.69 bits per heavy atom. The molecule has 1 fully saturated rings. The van der Waals surface area contributed by atoms with Gasteiger partial charge in [0, 0.05) is 29.1 Å². The standard InChI is InChI=1S/C23H26FN3O2/c24-19-8-5-17(6-9-19)22(27-11-13-29-14-12-27)16-26-23(28)10-7-18-15-25-21-4-2-1-3-20(18)21/h1-6,8-9,15,22,25H,7,10-14,16H2,(H,26,28)/p+1/t22-/m1/s1. The minimum absolute atomic E-state index is 0.0371. The molecule has 4 rings (SSSR count). The van der Waals surface area contributed by atoms with Gasteiger partial charge in [0.05, 0.1) is 19.8 Å². The Kier molecular flexibility index (Phi) is 6.22. The van der Waals surface area contributed by atoms with Crippen molar-refractivity contribution < 1.29 is 18.8 Å². The molecule has 3 N–H and O–H groups in total. The molecule has 1 amide bonds. The number of para-hydroxylation sites is 1. The van der Waals surface area contributed by atoms with Crippen molar-refractivity contribution in [3.8, 4) is 0 Å².